The largest absolute Gasteiger partial charge is 0.480 e. The predicted octanol–water partition coefficient (Wildman–Crippen LogP) is 2.15. The maximum Gasteiger partial charge on any atom is 0.323 e. The van der Waals surface area contributed by atoms with Crippen LogP contribution in [0.1, 0.15) is 25.7 Å². The van der Waals surface area contributed by atoms with Crippen LogP contribution in [0.15, 0.2) is 29.4 Å². The minimum Gasteiger partial charge on any atom is -0.480 e. The Morgan fingerprint density at radius 3 is 2.94 bits per heavy atom. The first-order valence-electron chi connectivity index (χ1n) is 6.18. The van der Waals surface area contributed by atoms with Gasteiger partial charge in [0.25, 0.3) is 0 Å². The molecular formula is C13H18N2O2S. The molecule has 0 spiro atoms. The molecule has 1 aromatic heterocycles. The van der Waals surface area contributed by atoms with E-state index in [0.717, 1.165) is 25.0 Å². The molecule has 98 valence electrons. The highest BCUT2D eigenvalue weighted by molar-refractivity contribution is 7.99. The molecule has 0 aliphatic heterocycles. The second-order valence-electron chi connectivity index (χ2n) is 4.75. The molecule has 3 N–H and O–H groups in total. The summed E-state index contributed by atoms with van der Waals surface area (Å²) in [5.41, 5.74) is 5.01. The fraction of sp³-hybridized carbons (Fsp3) is 0.538. The maximum atomic E-state index is 11.2. The van der Waals surface area contributed by atoms with E-state index in [1.54, 1.807) is 24.2 Å². The molecule has 0 saturated heterocycles. The van der Waals surface area contributed by atoms with Crippen LogP contribution >= 0.6 is 11.8 Å². The van der Waals surface area contributed by atoms with E-state index in [2.05, 4.69) is 4.98 Å². The van der Waals surface area contributed by atoms with E-state index >= 15 is 0 Å². The third kappa shape index (κ3) is 2.84. The lowest BCUT2D eigenvalue weighted by molar-refractivity contribution is -0.144. The zero-order valence-corrected chi connectivity index (χ0v) is 11.0. The summed E-state index contributed by atoms with van der Waals surface area (Å²) in [6, 6.07) is 3.93. The average Bonchev–Trinajstić information content (AvgIpc) is 2.74. The van der Waals surface area contributed by atoms with Crippen molar-refractivity contribution in [1.29, 1.82) is 0 Å². The summed E-state index contributed by atoms with van der Waals surface area (Å²) < 4.78 is 0. The number of nitrogens with two attached hydrogens (primary N) is 1. The molecule has 1 aliphatic carbocycles. The summed E-state index contributed by atoms with van der Waals surface area (Å²) in [6.07, 6.45) is 6.85. The lowest BCUT2D eigenvalue weighted by Gasteiger charge is -2.26. The van der Waals surface area contributed by atoms with Gasteiger partial charge in [-0.3, -0.25) is 9.78 Å². The van der Waals surface area contributed by atoms with E-state index in [9.17, 15) is 9.90 Å². The van der Waals surface area contributed by atoms with Gasteiger partial charge in [-0.05, 0) is 43.1 Å². The van der Waals surface area contributed by atoms with E-state index in [1.165, 1.54) is 4.90 Å². The molecule has 0 aromatic carbocycles. The van der Waals surface area contributed by atoms with E-state index in [-0.39, 0.29) is 5.92 Å². The van der Waals surface area contributed by atoms with Crippen LogP contribution in [-0.4, -0.2) is 27.4 Å². The summed E-state index contributed by atoms with van der Waals surface area (Å²) in [5, 5.41) is 9.22. The van der Waals surface area contributed by atoms with Crippen LogP contribution in [0.2, 0.25) is 0 Å². The van der Waals surface area contributed by atoms with Gasteiger partial charge in [0.05, 0.1) is 0 Å². The normalized spacial score (nSPS) is 27.3. The number of carboxylic acid groups (broad SMARTS) is 1. The first-order chi connectivity index (χ1) is 8.63. The standard InChI is InChI=1S/C13H18N2O2S/c14-13(12(16)17)6-1-2-10(13)5-9-18-11-3-7-15-8-4-11/h3-4,7-8,10H,1-2,5-6,9,14H2,(H,16,17). The molecule has 1 heterocycles. The second-order valence-corrected chi connectivity index (χ2v) is 5.92. The number of aromatic nitrogens is 1. The number of carboxylic acids is 1. The Labute approximate surface area is 111 Å². The molecule has 2 rings (SSSR count). The molecule has 2 atom stereocenters. The number of thioether (sulfide) groups is 1. The van der Waals surface area contributed by atoms with Crippen molar-refractivity contribution in [2.45, 2.75) is 36.1 Å². The maximum absolute atomic E-state index is 11.2. The highest BCUT2D eigenvalue weighted by atomic mass is 32.2. The molecule has 1 fully saturated rings. The Balaban J connectivity index is 1.85. The summed E-state index contributed by atoms with van der Waals surface area (Å²) >= 11 is 1.73. The molecule has 1 aliphatic rings. The number of hydrogen-bond acceptors (Lipinski definition) is 4. The smallest absolute Gasteiger partial charge is 0.323 e. The van der Waals surface area contributed by atoms with Gasteiger partial charge in [-0.25, -0.2) is 0 Å². The van der Waals surface area contributed by atoms with Crippen LogP contribution in [0.25, 0.3) is 0 Å². The van der Waals surface area contributed by atoms with E-state index in [0.29, 0.717) is 6.42 Å². The Hall–Kier alpha value is -1.07. The Morgan fingerprint density at radius 1 is 1.56 bits per heavy atom. The number of pyridine rings is 1. The van der Waals surface area contributed by atoms with Crippen molar-refractivity contribution in [3.8, 4) is 0 Å². The van der Waals surface area contributed by atoms with Crippen molar-refractivity contribution in [3.05, 3.63) is 24.5 Å². The van der Waals surface area contributed by atoms with Crippen LogP contribution in [0.5, 0.6) is 0 Å². The highest BCUT2D eigenvalue weighted by Crippen LogP contribution is 2.37. The topological polar surface area (TPSA) is 76.2 Å². The number of aliphatic carboxylic acids is 1. The highest BCUT2D eigenvalue weighted by Gasteiger charge is 2.45. The van der Waals surface area contributed by atoms with Crippen molar-refractivity contribution in [1.82, 2.24) is 4.98 Å². The molecule has 4 nitrogen and oxygen atoms in total. The predicted molar refractivity (Wildman–Crippen MR) is 71.5 cm³/mol. The number of rotatable bonds is 5. The molecular weight excluding hydrogens is 248 g/mol. The van der Waals surface area contributed by atoms with Crippen LogP contribution in [0, 0.1) is 5.92 Å². The van der Waals surface area contributed by atoms with E-state index < -0.39 is 11.5 Å². The molecule has 0 bridgehead atoms. The molecule has 0 amide bonds. The zero-order valence-electron chi connectivity index (χ0n) is 10.2. The number of carbonyl (C=O) groups is 1. The third-order valence-electron chi connectivity index (χ3n) is 3.65. The summed E-state index contributed by atoms with van der Waals surface area (Å²) in [5.74, 6) is 0.157. The van der Waals surface area contributed by atoms with Gasteiger partial charge in [-0.1, -0.05) is 6.42 Å². The van der Waals surface area contributed by atoms with Crippen LogP contribution in [0.3, 0.4) is 0 Å². The van der Waals surface area contributed by atoms with Crippen molar-refractivity contribution in [2.24, 2.45) is 11.7 Å². The van der Waals surface area contributed by atoms with Crippen LogP contribution in [-0.2, 0) is 4.79 Å². The molecule has 2 unspecified atom stereocenters. The Kier molecular flexibility index (Phi) is 4.24. The SMILES string of the molecule is NC1(C(=O)O)CCCC1CCSc1ccncc1. The molecule has 18 heavy (non-hydrogen) atoms. The zero-order chi connectivity index (χ0) is 13.0. The second kappa shape index (κ2) is 5.71. The monoisotopic (exact) mass is 266 g/mol. The fourth-order valence-electron chi connectivity index (χ4n) is 2.54. The number of nitrogens with zero attached hydrogens (tertiary/aromatic N) is 1. The van der Waals surface area contributed by atoms with Gasteiger partial charge in [0, 0.05) is 17.3 Å². The summed E-state index contributed by atoms with van der Waals surface area (Å²) in [7, 11) is 0. The first kappa shape index (κ1) is 13.4. The van der Waals surface area contributed by atoms with Crippen LogP contribution < -0.4 is 5.73 Å². The Morgan fingerprint density at radius 2 is 2.28 bits per heavy atom. The van der Waals surface area contributed by atoms with Gasteiger partial charge >= 0.3 is 5.97 Å². The lowest BCUT2D eigenvalue weighted by Crippen LogP contribution is -2.51. The minimum absolute atomic E-state index is 0.101. The average molecular weight is 266 g/mol. The first-order valence-corrected chi connectivity index (χ1v) is 7.16. The van der Waals surface area contributed by atoms with E-state index in [4.69, 9.17) is 5.73 Å². The van der Waals surface area contributed by atoms with Crippen molar-refractivity contribution >= 4 is 17.7 Å². The lowest BCUT2D eigenvalue weighted by atomic mass is 9.86. The van der Waals surface area contributed by atoms with Crippen molar-refractivity contribution in [3.63, 3.8) is 0 Å². The van der Waals surface area contributed by atoms with E-state index in [1.807, 2.05) is 12.1 Å². The van der Waals surface area contributed by atoms with Crippen LogP contribution in [0.4, 0.5) is 0 Å². The van der Waals surface area contributed by atoms with Crippen molar-refractivity contribution < 1.29 is 9.90 Å². The number of hydrogen-bond donors (Lipinski definition) is 2. The molecule has 1 aromatic rings. The van der Waals surface area contributed by atoms with Gasteiger partial charge in [0.1, 0.15) is 5.54 Å². The van der Waals surface area contributed by atoms with Gasteiger partial charge < -0.3 is 10.8 Å². The summed E-state index contributed by atoms with van der Waals surface area (Å²) in [4.78, 5) is 16.4. The summed E-state index contributed by atoms with van der Waals surface area (Å²) in [6.45, 7) is 0. The quantitative estimate of drug-likeness (QED) is 0.799. The fourth-order valence-corrected chi connectivity index (χ4v) is 3.49. The minimum atomic E-state index is -1.00. The molecule has 5 heteroatoms. The Bertz CT molecular complexity index is 413. The third-order valence-corrected chi connectivity index (χ3v) is 4.70. The van der Waals surface area contributed by atoms with Gasteiger partial charge in [-0.15, -0.1) is 11.8 Å². The van der Waals surface area contributed by atoms with Gasteiger partial charge in [-0.2, -0.15) is 0 Å². The van der Waals surface area contributed by atoms with Gasteiger partial charge in [0.15, 0.2) is 0 Å². The van der Waals surface area contributed by atoms with Crippen molar-refractivity contribution in [2.75, 3.05) is 5.75 Å². The molecule has 1 saturated carbocycles. The molecule has 0 radical (unpaired) electrons. The van der Waals surface area contributed by atoms with Gasteiger partial charge in [0.2, 0.25) is 0 Å².